The van der Waals surface area contributed by atoms with Crippen LogP contribution in [-0.4, -0.2) is 118 Å². The largest absolute Gasteiger partial charge is 0.393 e. The highest BCUT2D eigenvalue weighted by Crippen LogP contribution is 2.75. The zero-order valence-corrected chi connectivity index (χ0v) is 41.3. The third-order valence-electron chi connectivity index (χ3n) is 19.1. The second-order valence-corrected chi connectivity index (χ2v) is 22.5. The molecule has 370 valence electrons. The van der Waals surface area contributed by atoms with Crippen LogP contribution in [0.5, 0.6) is 0 Å². The third-order valence-corrected chi connectivity index (χ3v) is 19.1. The van der Waals surface area contributed by atoms with Crippen LogP contribution < -0.4 is 16.0 Å². The van der Waals surface area contributed by atoms with E-state index in [1.165, 1.54) is 12.8 Å². The van der Waals surface area contributed by atoms with Gasteiger partial charge in [-0.25, -0.2) is 0 Å². The lowest BCUT2D eigenvalue weighted by Gasteiger charge is -2.71. The molecule has 11 atom stereocenters. The van der Waals surface area contributed by atoms with Crippen molar-refractivity contribution in [1.29, 1.82) is 0 Å². The smallest absolute Gasteiger partial charge is 0.264 e. The molecule has 0 aromatic heterocycles. The number of anilines is 1. The number of piperidine rings is 1. The maximum Gasteiger partial charge on any atom is 0.264 e. The molecular weight excluding hydrogens is 853 g/mol. The highest BCUT2D eigenvalue weighted by molar-refractivity contribution is 6.25. The molecule has 1 aromatic rings. The van der Waals surface area contributed by atoms with E-state index >= 15 is 0 Å². The van der Waals surface area contributed by atoms with E-state index in [2.05, 4.69) is 70.5 Å². The second kappa shape index (κ2) is 19.6. The Bertz CT molecular complexity index is 2090. The number of aliphatic hydroxyl groups is 1. The van der Waals surface area contributed by atoms with Gasteiger partial charge in [-0.1, -0.05) is 66.2 Å². The average Bonchev–Trinajstić information content (AvgIpc) is 3.54. The van der Waals surface area contributed by atoms with Crippen molar-refractivity contribution < 1.29 is 48.0 Å². The molecule has 0 bridgehead atoms. The van der Waals surface area contributed by atoms with Crippen molar-refractivity contribution in [2.24, 2.45) is 56.7 Å². The molecule has 67 heavy (non-hydrogen) atoms. The molecule has 8 rings (SSSR count). The van der Waals surface area contributed by atoms with Crippen LogP contribution in [0.2, 0.25) is 0 Å². The van der Waals surface area contributed by atoms with Gasteiger partial charge in [-0.2, -0.15) is 0 Å². The first-order valence-electron chi connectivity index (χ1n) is 25.5. The quantitative estimate of drug-likeness (QED) is 0.0699. The Kier molecular flexibility index (Phi) is 14.5. The molecule has 5 fully saturated rings. The topological polar surface area (TPSA) is 182 Å². The number of nitrogens with one attached hydrogen (secondary N) is 3. The summed E-state index contributed by atoms with van der Waals surface area (Å²) in [4.78, 5) is 65.8. The van der Waals surface area contributed by atoms with Crippen molar-refractivity contribution in [3.05, 3.63) is 41.0 Å². The number of rotatable bonds is 18. The van der Waals surface area contributed by atoms with Gasteiger partial charge in [0.05, 0.1) is 75.5 Å². The summed E-state index contributed by atoms with van der Waals surface area (Å²) in [6.45, 7) is 21.2. The minimum atomic E-state index is -1.02. The first kappa shape index (κ1) is 49.7. The first-order chi connectivity index (χ1) is 31.9. The van der Waals surface area contributed by atoms with Crippen molar-refractivity contribution in [3.8, 4) is 0 Å². The first-order valence-corrected chi connectivity index (χ1v) is 25.5. The number of allylic oxidation sites excluding steroid dienone is 2. The van der Waals surface area contributed by atoms with E-state index in [0.717, 1.165) is 49.8 Å². The molecule has 7 aliphatic rings. The lowest BCUT2D eigenvalue weighted by molar-refractivity contribution is -0.204. The van der Waals surface area contributed by atoms with Gasteiger partial charge in [-0.05, 0) is 128 Å². The Morgan fingerprint density at radius 1 is 0.776 bits per heavy atom. The number of fused-ring (bicyclic) bond motifs is 8. The highest BCUT2D eigenvalue weighted by atomic mass is 16.6. The zero-order valence-electron chi connectivity index (χ0n) is 41.3. The van der Waals surface area contributed by atoms with Gasteiger partial charge in [-0.3, -0.25) is 34.2 Å². The zero-order chi connectivity index (χ0) is 47.9. The molecule has 1 aromatic carbocycles. The fourth-order valence-corrected chi connectivity index (χ4v) is 15.0. The van der Waals surface area contributed by atoms with Gasteiger partial charge in [0, 0.05) is 25.2 Å². The van der Waals surface area contributed by atoms with Gasteiger partial charge in [0.25, 0.3) is 11.8 Å². The third kappa shape index (κ3) is 8.71. The predicted octanol–water partition coefficient (Wildman–Crippen LogP) is 6.70. The lowest BCUT2D eigenvalue weighted by Crippen LogP contribution is -2.66. The van der Waals surface area contributed by atoms with Gasteiger partial charge >= 0.3 is 0 Å². The van der Waals surface area contributed by atoms with Crippen molar-refractivity contribution in [1.82, 2.24) is 15.5 Å². The summed E-state index contributed by atoms with van der Waals surface area (Å²) in [6.07, 6.45) is 12.0. The number of aliphatic hydroxyl groups excluding tert-OH is 1. The van der Waals surface area contributed by atoms with Crippen molar-refractivity contribution in [3.63, 3.8) is 0 Å². The van der Waals surface area contributed by atoms with E-state index in [4.69, 9.17) is 18.9 Å². The molecule has 0 radical (unpaired) electrons. The molecule has 14 heteroatoms. The van der Waals surface area contributed by atoms with E-state index in [1.807, 2.05) is 0 Å². The standard InChI is InChI=1S/C53H78N4O10/c1-33-15-20-53(22-21-51(6)36(44(53)34(33)2)11-13-40-50(5)18-17-41(58)49(3,4)39(50)16-19-52(40,51)7)48(63)55-24-26-65-28-30-67-32-31-66-29-27-64-25-23-54-37-10-8-9-35-43(37)47(62)57(46(35)61)38-12-14-42(59)56-45(38)60/h8-11,33-34,38-41,44,54,58H,12-32H2,1-7H3,(H,55,63)(H,56,59,60). The molecule has 4 N–H and O–H groups in total. The Morgan fingerprint density at radius 2 is 1.45 bits per heavy atom. The Hall–Kier alpha value is -3.69. The van der Waals surface area contributed by atoms with Crippen LogP contribution in [0.25, 0.3) is 0 Å². The minimum absolute atomic E-state index is 0.0532. The molecule has 0 spiro atoms. The predicted molar refractivity (Wildman–Crippen MR) is 253 cm³/mol. The van der Waals surface area contributed by atoms with Crippen LogP contribution >= 0.6 is 0 Å². The summed E-state index contributed by atoms with van der Waals surface area (Å²) in [5.74, 6) is 0.389. The maximum atomic E-state index is 14.5. The summed E-state index contributed by atoms with van der Waals surface area (Å²) in [5.41, 5.74) is 2.45. The van der Waals surface area contributed by atoms with Crippen LogP contribution in [0, 0.1) is 56.7 Å². The number of hydrogen-bond donors (Lipinski definition) is 4. The van der Waals surface area contributed by atoms with Gasteiger partial charge < -0.3 is 34.7 Å². The summed E-state index contributed by atoms with van der Waals surface area (Å²) in [6, 6.07) is 3.93. The molecule has 2 aliphatic heterocycles. The van der Waals surface area contributed by atoms with Crippen LogP contribution in [-0.2, 0) is 33.3 Å². The Balaban J connectivity index is 0.716. The highest BCUT2D eigenvalue weighted by Gasteiger charge is 2.69. The summed E-state index contributed by atoms with van der Waals surface area (Å²) < 4.78 is 22.9. The van der Waals surface area contributed by atoms with Crippen LogP contribution in [0.15, 0.2) is 29.8 Å². The van der Waals surface area contributed by atoms with Crippen molar-refractivity contribution >= 4 is 35.2 Å². The van der Waals surface area contributed by atoms with Gasteiger partial charge in [0.15, 0.2) is 0 Å². The van der Waals surface area contributed by atoms with E-state index in [1.54, 1.807) is 23.8 Å². The van der Waals surface area contributed by atoms with E-state index in [-0.39, 0.29) is 69.0 Å². The maximum absolute atomic E-state index is 14.5. The molecular formula is C53H78N4O10. The fraction of sp³-hybridized carbons (Fsp3) is 0.755. The number of imide groups is 2. The number of nitrogens with zero attached hydrogens (tertiary/aromatic N) is 1. The van der Waals surface area contributed by atoms with E-state index < -0.39 is 29.7 Å². The van der Waals surface area contributed by atoms with Crippen molar-refractivity contribution in [2.45, 2.75) is 131 Å². The SMILES string of the molecule is CC1CCC2(C(=O)NCCOCCOCCOCCOCCNc3cccc4c3C(=O)N(C3CCC(=O)NC3=O)C4=O)CCC3(C)C(=CCC4C5(C)CCC(O)C(C)(C)C5CCC43C)C2C1C. The minimum Gasteiger partial charge on any atom is -0.393 e. The number of ether oxygens (including phenoxy) is 4. The fourth-order valence-electron chi connectivity index (χ4n) is 15.0. The Labute approximate surface area is 397 Å². The molecule has 2 heterocycles. The van der Waals surface area contributed by atoms with Gasteiger partial charge in [-0.15, -0.1) is 0 Å². The second-order valence-electron chi connectivity index (χ2n) is 22.5. The number of hydrogen-bond acceptors (Lipinski definition) is 11. The molecule has 5 amide bonds. The number of carbonyl (C=O) groups is 5. The summed E-state index contributed by atoms with van der Waals surface area (Å²) in [7, 11) is 0. The monoisotopic (exact) mass is 931 g/mol. The van der Waals surface area contributed by atoms with Gasteiger partial charge in [0.1, 0.15) is 6.04 Å². The summed E-state index contributed by atoms with van der Waals surface area (Å²) >= 11 is 0. The van der Waals surface area contributed by atoms with Crippen molar-refractivity contribution in [2.75, 3.05) is 71.3 Å². The molecule has 5 aliphatic carbocycles. The van der Waals surface area contributed by atoms with E-state index in [9.17, 15) is 29.1 Å². The Morgan fingerprint density at radius 3 is 2.13 bits per heavy atom. The normalized spacial score (nSPS) is 36.5. The van der Waals surface area contributed by atoms with E-state index in [0.29, 0.717) is 95.3 Å². The molecule has 11 unspecified atom stereocenters. The molecule has 4 saturated carbocycles. The summed E-state index contributed by atoms with van der Waals surface area (Å²) in [5, 5.41) is 19.8. The van der Waals surface area contributed by atoms with Gasteiger partial charge in [0.2, 0.25) is 17.7 Å². The number of benzene rings is 1. The van der Waals surface area contributed by atoms with Crippen LogP contribution in [0.4, 0.5) is 5.69 Å². The van der Waals surface area contributed by atoms with Crippen LogP contribution in [0.1, 0.15) is 140 Å². The lowest BCUT2D eigenvalue weighted by atomic mass is 9.33. The molecule has 1 saturated heterocycles. The average molecular weight is 931 g/mol. The van der Waals surface area contributed by atoms with Crippen LogP contribution in [0.3, 0.4) is 0 Å². The number of amides is 5. The number of carbonyl (C=O) groups excluding carboxylic acids is 5. The molecule has 14 nitrogen and oxygen atoms in total.